The number of aryl methyl sites for hydroxylation is 1. The number of ether oxygens (including phenoxy) is 1. The number of carbonyl (C=O) groups excluding carboxylic acids is 1. The molecule has 122 valence electrons. The Hall–Kier alpha value is -1.93. The van der Waals surface area contributed by atoms with Crippen LogP contribution in [0.15, 0.2) is 23.1 Å². The highest BCUT2D eigenvalue weighted by Crippen LogP contribution is 2.17. The maximum Gasteiger partial charge on any atom is 0.338 e. The molecule has 7 nitrogen and oxygen atoms in total. The molecule has 0 fully saturated rings. The van der Waals surface area contributed by atoms with E-state index in [2.05, 4.69) is 0 Å². The number of carbonyl (C=O) groups is 2. The number of aliphatic carboxylic acids is 1. The summed E-state index contributed by atoms with van der Waals surface area (Å²) in [6.45, 7) is 6.23. The topological polar surface area (TPSA) is 110 Å². The predicted octanol–water partition coefficient (Wildman–Crippen LogP) is 1.31. The number of hydrogen-bond acceptors (Lipinski definition) is 5. The van der Waals surface area contributed by atoms with Crippen LogP contribution in [0.3, 0.4) is 0 Å². The molecule has 0 amide bonds. The monoisotopic (exact) mass is 329 g/mol. The number of carboxylic acids is 1. The van der Waals surface area contributed by atoms with Crippen molar-refractivity contribution < 1.29 is 27.9 Å². The summed E-state index contributed by atoms with van der Waals surface area (Å²) in [5, 5.41) is 8.78. The summed E-state index contributed by atoms with van der Waals surface area (Å²) >= 11 is 0. The van der Waals surface area contributed by atoms with Crippen molar-refractivity contribution in [3.8, 4) is 0 Å². The molecule has 0 aliphatic heterocycles. The van der Waals surface area contributed by atoms with Crippen LogP contribution in [-0.2, 0) is 19.6 Å². The van der Waals surface area contributed by atoms with Gasteiger partial charge in [0, 0.05) is 0 Å². The van der Waals surface area contributed by atoms with Gasteiger partial charge in [-0.15, -0.1) is 0 Å². The van der Waals surface area contributed by atoms with Gasteiger partial charge in [-0.05, 0) is 45.4 Å². The molecular weight excluding hydrogens is 310 g/mol. The van der Waals surface area contributed by atoms with Crippen LogP contribution < -0.4 is 4.72 Å². The third-order valence-electron chi connectivity index (χ3n) is 2.78. The van der Waals surface area contributed by atoms with E-state index in [-0.39, 0.29) is 16.6 Å². The third kappa shape index (κ3) is 4.54. The highest BCUT2D eigenvalue weighted by Gasteiger charge is 2.23. The lowest BCUT2D eigenvalue weighted by molar-refractivity contribution is -0.138. The van der Waals surface area contributed by atoms with Crippen LogP contribution in [0, 0.1) is 6.92 Å². The van der Waals surface area contributed by atoms with Gasteiger partial charge in [-0.25, -0.2) is 13.2 Å². The molecular formula is C14H19NO6S. The fraction of sp³-hybridized carbons (Fsp3) is 0.429. The molecule has 2 N–H and O–H groups in total. The summed E-state index contributed by atoms with van der Waals surface area (Å²) in [5.41, 5.74) is 0.690. The fourth-order valence-corrected chi connectivity index (χ4v) is 2.84. The van der Waals surface area contributed by atoms with E-state index in [1.165, 1.54) is 25.1 Å². The zero-order valence-electron chi connectivity index (χ0n) is 12.8. The van der Waals surface area contributed by atoms with Crippen molar-refractivity contribution in [2.24, 2.45) is 0 Å². The molecule has 0 spiro atoms. The van der Waals surface area contributed by atoms with Crippen LogP contribution in [0.5, 0.6) is 0 Å². The number of nitrogens with one attached hydrogen (secondary N) is 1. The van der Waals surface area contributed by atoms with E-state index in [9.17, 15) is 18.0 Å². The highest BCUT2D eigenvalue weighted by molar-refractivity contribution is 7.89. The van der Waals surface area contributed by atoms with Gasteiger partial charge in [0.2, 0.25) is 10.0 Å². The number of benzene rings is 1. The van der Waals surface area contributed by atoms with E-state index >= 15 is 0 Å². The van der Waals surface area contributed by atoms with E-state index < -0.39 is 28.0 Å². The Morgan fingerprint density at radius 1 is 1.23 bits per heavy atom. The quantitative estimate of drug-likeness (QED) is 0.762. The lowest BCUT2D eigenvalue weighted by Gasteiger charge is -2.13. The molecule has 1 rings (SSSR count). The number of esters is 1. The van der Waals surface area contributed by atoms with Gasteiger partial charge >= 0.3 is 11.9 Å². The van der Waals surface area contributed by atoms with Crippen molar-refractivity contribution in [2.75, 3.05) is 0 Å². The standard InChI is InChI=1S/C14H19NO6S/c1-8(2)21-14(18)12-7-11(6-5-9(12)3)22(19,20)15-10(4)13(16)17/h5-8,10,15H,1-4H3,(H,16,17). The van der Waals surface area contributed by atoms with E-state index in [0.29, 0.717) is 5.56 Å². The Balaban J connectivity index is 3.17. The second-order valence-electron chi connectivity index (χ2n) is 5.11. The first-order valence-electron chi connectivity index (χ1n) is 6.61. The minimum Gasteiger partial charge on any atom is -0.480 e. The van der Waals surface area contributed by atoms with Crippen molar-refractivity contribution in [3.05, 3.63) is 29.3 Å². The first-order chi connectivity index (χ1) is 10.0. The zero-order chi connectivity index (χ0) is 17.1. The molecule has 0 radical (unpaired) electrons. The van der Waals surface area contributed by atoms with Gasteiger partial charge < -0.3 is 9.84 Å². The minimum atomic E-state index is -4.04. The first-order valence-corrected chi connectivity index (χ1v) is 8.09. The number of hydrogen-bond donors (Lipinski definition) is 2. The Labute approximate surface area is 129 Å². The van der Waals surface area contributed by atoms with Gasteiger partial charge in [-0.2, -0.15) is 4.72 Å². The van der Waals surface area contributed by atoms with Gasteiger partial charge in [-0.1, -0.05) is 6.07 Å². The van der Waals surface area contributed by atoms with E-state index in [1.807, 2.05) is 4.72 Å². The van der Waals surface area contributed by atoms with Crippen molar-refractivity contribution in [1.82, 2.24) is 4.72 Å². The molecule has 0 aliphatic rings. The molecule has 0 aliphatic carbocycles. The number of carboxylic acid groups (broad SMARTS) is 1. The van der Waals surface area contributed by atoms with Crippen LogP contribution in [0.1, 0.15) is 36.7 Å². The summed E-state index contributed by atoms with van der Waals surface area (Å²) in [6, 6.07) is 2.67. The largest absolute Gasteiger partial charge is 0.480 e. The molecule has 0 bridgehead atoms. The first kappa shape index (κ1) is 18.1. The van der Waals surface area contributed by atoms with Crippen molar-refractivity contribution >= 4 is 22.0 Å². The predicted molar refractivity (Wildman–Crippen MR) is 79.1 cm³/mol. The molecule has 0 aromatic heterocycles. The number of rotatable bonds is 6. The second kappa shape index (κ2) is 6.89. The van der Waals surface area contributed by atoms with Gasteiger partial charge in [0.25, 0.3) is 0 Å². The maximum absolute atomic E-state index is 12.1. The minimum absolute atomic E-state index is 0.125. The molecule has 1 unspecified atom stereocenters. The molecule has 1 atom stereocenters. The maximum atomic E-state index is 12.1. The number of sulfonamides is 1. The summed E-state index contributed by atoms with van der Waals surface area (Å²) in [4.78, 5) is 22.5. The van der Waals surface area contributed by atoms with Gasteiger partial charge in [0.1, 0.15) is 6.04 Å². The fourth-order valence-electron chi connectivity index (χ4n) is 1.62. The SMILES string of the molecule is Cc1ccc(S(=O)(=O)NC(C)C(=O)O)cc1C(=O)OC(C)C. The summed E-state index contributed by atoms with van der Waals surface area (Å²) in [6.07, 6.45) is -0.336. The van der Waals surface area contributed by atoms with E-state index in [0.717, 1.165) is 0 Å². The van der Waals surface area contributed by atoms with E-state index in [4.69, 9.17) is 9.84 Å². The van der Waals surface area contributed by atoms with Gasteiger partial charge in [0.05, 0.1) is 16.6 Å². The average molecular weight is 329 g/mol. The highest BCUT2D eigenvalue weighted by atomic mass is 32.2. The Morgan fingerprint density at radius 3 is 2.32 bits per heavy atom. The van der Waals surface area contributed by atoms with Crippen molar-refractivity contribution in [1.29, 1.82) is 0 Å². The van der Waals surface area contributed by atoms with Crippen LogP contribution in [0.4, 0.5) is 0 Å². The van der Waals surface area contributed by atoms with Gasteiger partial charge in [0.15, 0.2) is 0 Å². The zero-order valence-corrected chi connectivity index (χ0v) is 13.6. The van der Waals surface area contributed by atoms with Crippen molar-refractivity contribution in [3.63, 3.8) is 0 Å². The molecule has 8 heteroatoms. The summed E-state index contributed by atoms with van der Waals surface area (Å²) in [7, 11) is -4.04. The smallest absolute Gasteiger partial charge is 0.338 e. The van der Waals surface area contributed by atoms with Crippen LogP contribution in [0.2, 0.25) is 0 Å². The summed E-state index contributed by atoms with van der Waals surface area (Å²) < 4.78 is 31.3. The molecule has 0 heterocycles. The molecule has 0 saturated heterocycles. The molecule has 1 aromatic rings. The van der Waals surface area contributed by atoms with Crippen LogP contribution >= 0.6 is 0 Å². The molecule has 22 heavy (non-hydrogen) atoms. The van der Waals surface area contributed by atoms with Gasteiger partial charge in [-0.3, -0.25) is 4.79 Å². The lowest BCUT2D eigenvalue weighted by atomic mass is 10.1. The van der Waals surface area contributed by atoms with Crippen LogP contribution in [0.25, 0.3) is 0 Å². The Morgan fingerprint density at radius 2 is 1.82 bits per heavy atom. The normalized spacial score (nSPS) is 13.0. The third-order valence-corrected chi connectivity index (χ3v) is 4.32. The van der Waals surface area contributed by atoms with E-state index in [1.54, 1.807) is 20.8 Å². The molecule has 0 saturated carbocycles. The molecule has 1 aromatic carbocycles. The van der Waals surface area contributed by atoms with Crippen LogP contribution in [-0.4, -0.2) is 37.6 Å². The van der Waals surface area contributed by atoms with Crippen molar-refractivity contribution in [2.45, 2.75) is 44.7 Å². The Bertz CT molecular complexity index is 681. The lowest BCUT2D eigenvalue weighted by Crippen LogP contribution is -2.38. The Kier molecular flexibility index (Phi) is 5.67. The average Bonchev–Trinajstić information content (AvgIpc) is 2.37. The second-order valence-corrected chi connectivity index (χ2v) is 6.83. The summed E-state index contributed by atoms with van der Waals surface area (Å²) in [5.74, 6) is -1.93.